The summed E-state index contributed by atoms with van der Waals surface area (Å²) in [6.45, 7) is 5.83. The van der Waals surface area contributed by atoms with Crippen LogP contribution in [0.1, 0.15) is 48.5 Å². The molecule has 0 bridgehead atoms. The first-order chi connectivity index (χ1) is 20.5. The van der Waals surface area contributed by atoms with Gasteiger partial charge in [0, 0.05) is 48.5 Å². The van der Waals surface area contributed by atoms with E-state index in [2.05, 4.69) is 0 Å². The summed E-state index contributed by atoms with van der Waals surface area (Å²) in [5.74, 6) is -6.09. The highest BCUT2D eigenvalue weighted by atomic mass is 16.8. The molecule has 2 rings (SSSR count). The lowest BCUT2D eigenvalue weighted by molar-refractivity contribution is -0.330. The van der Waals surface area contributed by atoms with Crippen molar-refractivity contribution >= 4 is 41.8 Å². The molecule has 0 aromatic carbocycles. The molecule has 0 aliphatic carbocycles. The highest BCUT2D eigenvalue weighted by Crippen LogP contribution is 2.33. The third-order valence-electron chi connectivity index (χ3n) is 5.88. The van der Waals surface area contributed by atoms with E-state index >= 15 is 0 Å². The second-order valence-corrected chi connectivity index (χ2v) is 9.66. The van der Waals surface area contributed by atoms with Crippen LogP contribution in [0.3, 0.4) is 0 Å². The maximum absolute atomic E-state index is 12.1. The Balaban J connectivity index is 2.51. The third kappa shape index (κ3) is 10.4. The van der Waals surface area contributed by atoms with Crippen molar-refractivity contribution in [2.24, 2.45) is 0 Å². The Morgan fingerprint density at radius 3 is 1.16 bits per heavy atom. The van der Waals surface area contributed by atoms with E-state index in [9.17, 15) is 38.7 Å². The quantitative estimate of drug-likeness (QED) is 0.203. The molecule has 0 unspecified atom stereocenters. The summed E-state index contributed by atoms with van der Waals surface area (Å²) < 4.78 is 54.1. The third-order valence-corrected chi connectivity index (χ3v) is 5.88. The topological polar surface area (TPSA) is 232 Å². The lowest BCUT2D eigenvalue weighted by Gasteiger charge is -2.46. The number of hydrogen-bond donors (Lipinski definition) is 1. The fourth-order valence-electron chi connectivity index (χ4n) is 4.57. The lowest BCUT2D eigenvalue weighted by Crippen LogP contribution is -2.65. The molecule has 1 N–H and O–H groups in total. The fourth-order valence-corrected chi connectivity index (χ4v) is 4.57. The van der Waals surface area contributed by atoms with Crippen molar-refractivity contribution in [1.29, 1.82) is 0 Å². The van der Waals surface area contributed by atoms with Gasteiger partial charge in [-0.05, 0) is 0 Å². The molecule has 0 radical (unpaired) electrons. The van der Waals surface area contributed by atoms with E-state index in [0.717, 1.165) is 48.5 Å². The summed E-state index contributed by atoms with van der Waals surface area (Å²) in [6, 6.07) is 0. The summed E-state index contributed by atoms with van der Waals surface area (Å²) in [6.07, 6.45) is -15.4. The minimum atomic E-state index is -1.69. The summed E-state index contributed by atoms with van der Waals surface area (Å²) in [4.78, 5) is 83.5. The average molecular weight is 637 g/mol. The molecule has 2 aliphatic heterocycles. The van der Waals surface area contributed by atoms with Gasteiger partial charge in [0.1, 0.15) is 12.2 Å². The van der Waals surface area contributed by atoms with Crippen LogP contribution in [0.2, 0.25) is 0 Å². The fraction of sp³-hybridized carbons (Fsp3) is 0.731. The maximum Gasteiger partial charge on any atom is 0.305 e. The van der Waals surface area contributed by atoms with Crippen LogP contribution in [-0.4, -0.2) is 122 Å². The first-order valence-electron chi connectivity index (χ1n) is 13.3. The Morgan fingerprint density at radius 2 is 0.773 bits per heavy atom. The van der Waals surface area contributed by atoms with E-state index in [1.54, 1.807) is 0 Å². The molecule has 18 heteroatoms. The average Bonchev–Trinajstić information content (AvgIpc) is 2.87. The van der Waals surface area contributed by atoms with Crippen LogP contribution in [0.5, 0.6) is 0 Å². The Morgan fingerprint density at radius 1 is 0.455 bits per heavy atom. The van der Waals surface area contributed by atoms with Crippen LogP contribution in [0.4, 0.5) is 0 Å². The zero-order valence-electron chi connectivity index (χ0n) is 25.1. The number of rotatable bonds is 11. The van der Waals surface area contributed by atoms with Gasteiger partial charge in [0.25, 0.3) is 0 Å². The van der Waals surface area contributed by atoms with Gasteiger partial charge in [0.2, 0.25) is 12.4 Å². The largest absolute Gasteiger partial charge is 0.456 e. The summed E-state index contributed by atoms with van der Waals surface area (Å²) in [5.41, 5.74) is 0. The molecule has 18 nitrogen and oxygen atoms in total. The van der Waals surface area contributed by atoms with Crippen molar-refractivity contribution in [3.63, 3.8) is 0 Å². The van der Waals surface area contributed by atoms with Crippen molar-refractivity contribution in [3.8, 4) is 0 Å². The van der Waals surface area contributed by atoms with Gasteiger partial charge >= 0.3 is 41.8 Å². The Bertz CT molecular complexity index is 1090. The molecule has 0 saturated carbocycles. The van der Waals surface area contributed by atoms with E-state index in [0.29, 0.717) is 0 Å². The predicted octanol–water partition coefficient (Wildman–Crippen LogP) is -1.40. The van der Waals surface area contributed by atoms with Gasteiger partial charge in [-0.1, -0.05) is 0 Å². The highest BCUT2D eigenvalue weighted by molar-refractivity contribution is 5.70. The molecule has 0 spiro atoms. The van der Waals surface area contributed by atoms with E-state index in [1.807, 2.05) is 0 Å². The van der Waals surface area contributed by atoms with E-state index in [4.69, 9.17) is 47.4 Å². The van der Waals surface area contributed by atoms with Crippen LogP contribution in [0, 0.1) is 0 Å². The number of aliphatic hydroxyl groups is 1. The molecule has 2 heterocycles. The number of ether oxygens (including phenoxy) is 10. The maximum atomic E-state index is 12.1. The molecule has 2 fully saturated rings. The predicted molar refractivity (Wildman–Crippen MR) is 135 cm³/mol. The summed E-state index contributed by atoms with van der Waals surface area (Å²) >= 11 is 0. The van der Waals surface area contributed by atoms with Gasteiger partial charge < -0.3 is 52.5 Å². The minimum Gasteiger partial charge on any atom is -0.456 e. The summed E-state index contributed by atoms with van der Waals surface area (Å²) in [5, 5.41) is 9.97. The molecule has 2 saturated heterocycles. The molecule has 0 aromatic heterocycles. The summed E-state index contributed by atoms with van der Waals surface area (Å²) in [7, 11) is 0. The second kappa shape index (κ2) is 16.3. The number of esters is 7. The minimum absolute atomic E-state index is 0.647. The van der Waals surface area contributed by atoms with Gasteiger partial charge in [-0.3, -0.25) is 33.6 Å². The number of hydrogen-bond acceptors (Lipinski definition) is 18. The molecule has 10 atom stereocenters. The van der Waals surface area contributed by atoms with Crippen LogP contribution in [0.15, 0.2) is 0 Å². The zero-order chi connectivity index (χ0) is 33.3. The number of carbonyl (C=O) groups excluding carboxylic acids is 7. The lowest BCUT2D eigenvalue weighted by atomic mass is 9.97. The van der Waals surface area contributed by atoms with Gasteiger partial charge in [-0.2, -0.15) is 0 Å². The normalized spacial score (nSPS) is 31.5. The number of carbonyl (C=O) groups is 7. The second-order valence-electron chi connectivity index (χ2n) is 9.66. The molecule has 248 valence electrons. The first-order valence-corrected chi connectivity index (χ1v) is 13.3. The van der Waals surface area contributed by atoms with E-state index < -0.39 is 116 Å². The van der Waals surface area contributed by atoms with Crippen molar-refractivity contribution in [2.75, 3.05) is 13.2 Å². The molecule has 44 heavy (non-hydrogen) atoms. The Labute approximate surface area is 251 Å². The van der Waals surface area contributed by atoms with Gasteiger partial charge in [0.15, 0.2) is 36.8 Å². The van der Waals surface area contributed by atoms with E-state index in [1.165, 1.54) is 0 Å². The van der Waals surface area contributed by atoms with Gasteiger partial charge in [-0.15, -0.1) is 0 Å². The van der Waals surface area contributed by atoms with Crippen LogP contribution in [0.25, 0.3) is 0 Å². The molecule has 2 aliphatic rings. The van der Waals surface area contributed by atoms with Crippen LogP contribution < -0.4 is 0 Å². The Hall–Kier alpha value is -3.87. The van der Waals surface area contributed by atoms with Crippen molar-refractivity contribution in [1.82, 2.24) is 0 Å². The van der Waals surface area contributed by atoms with Gasteiger partial charge in [0.05, 0.1) is 13.2 Å². The SMILES string of the molecule is CC(=O)O[C@H]1O[C@H](CO[C@@H]2O[C@H](CO)[C@@H](OC(C)=O)[C@H](OC(C)=O)[C@H]2OC(C)=O)[C@@H](OC(C)=O)[C@H](OC(C)=O)[C@H]1OC(C)=O. The van der Waals surface area contributed by atoms with Crippen LogP contribution in [-0.2, 0) is 80.9 Å². The monoisotopic (exact) mass is 636 g/mol. The first kappa shape index (κ1) is 36.3. The molecule has 0 amide bonds. The van der Waals surface area contributed by atoms with Crippen LogP contribution >= 0.6 is 0 Å². The van der Waals surface area contributed by atoms with Gasteiger partial charge in [-0.25, -0.2) is 0 Å². The zero-order valence-corrected chi connectivity index (χ0v) is 25.1. The highest BCUT2D eigenvalue weighted by Gasteiger charge is 2.55. The molecular weight excluding hydrogens is 600 g/mol. The van der Waals surface area contributed by atoms with Crippen molar-refractivity contribution in [3.05, 3.63) is 0 Å². The number of aliphatic hydroxyl groups excluding tert-OH is 1. The molecular formula is C26H36O18. The Kier molecular flexibility index (Phi) is 13.4. The smallest absolute Gasteiger partial charge is 0.305 e. The molecule has 0 aromatic rings. The standard InChI is InChI=1S/C26H36O18/c1-10(28)36-19-17(8-27)43-25(23(40-14(5)32)21(19)38-12(3)30)35-9-18-20(37-11(2)29)22(39-13(4)31)24(41-15(6)33)26(44-18)42-16(7)34/h17-27H,8-9H2,1-7H3/t17-,18-,19-,20-,21+,22+,23-,24-,25-,26+/m1/s1. The van der Waals surface area contributed by atoms with Crippen molar-refractivity contribution in [2.45, 2.75) is 110 Å². The van der Waals surface area contributed by atoms with Crippen molar-refractivity contribution < 1.29 is 86.0 Å². The van der Waals surface area contributed by atoms with E-state index in [-0.39, 0.29) is 0 Å².